The van der Waals surface area contributed by atoms with Crippen LogP contribution in [0.2, 0.25) is 0 Å². The molecule has 2 amide bonds. The number of carbonyl (C=O) groups excluding carboxylic acids is 3. The molecule has 3 heterocycles. The number of H-pyrrole nitrogens is 1. The molecule has 1 fully saturated rings. The van der Waals surface area contributed by atoms with Gasteiger partial charge in [-0.15, -0.1) is 16.9 Å². The number of hydrogen-bond donors (Lipinski definition) is 5. The van der Waals surface area contributed by atoms with Crippen molar-refractivity contribution in [3.8, 4) is 5.75 Å². The van der Waals surface area contributed by atoms with E-state index in [1.54, 1.807) is 0 Å². The van der Waals surface area contributed by atoms with Gasteiger partial charge in [0.15, 0.2) is 0 Å². The van der Waals surface area contributed by atoms with Crippen LogP contribution in [0.1, 0.15) is 17.3 Å². The Bertz CT molecular complexity index is 1230. The average molecular weight is 535 g/mol. The minimum Gasteiger partial charge on any atom is -0.508 e. The number of phenols is 1. The quantitative estimate of drug-likeness (QED) is 0.161. The summed E-state index contributed by atoms with van der Waals surface area (Å²) in [5, 5.41) is 32.1. The summed E-state index contributed by atoms with van der Waals surface area (Å²) in [5.74, 6) is -2.35. The van der Waals surface area contributed by atoms with Crippen LogP contribution in [0.15, 0.2) is 40.6 Å². The number of aliphatic carboxylic acids is 1. The molecular weight excluding hydrogens is 512 g/mol. The van der Waals surface area contributed by atoms with Gasteiger partial charge >= 0.3 is 11.9 Å². The van der Waals surface area contributed by atoms with Gasteiger partial charge in [0.05, 0.1) is 13.5 Å². The van der Waals surface area contributed by atoms with Gasteiger partial charge in [-0.2, -0.15) is 10.3 Å². The molecule has 2 aliphatic heterocycles. The summed E-state index contributed by atoms with van der Waals surface area (Å²) in [6, 6.07) is 3.82. The Labute approximate surface area is 212 Å². The highest BCUT2D eigenvalue weighted by Crippen LogP contribution is 2.41. The van der Waals surface area contributed by atoms with Crippen molar-refractivity contribution in [2.24, 2.45) is 5.73 Å². The number of β-lactam (4-membered cyclic amide) rings is 1. The van der Waals surface area contributed by atoms with Gasteiger partial charge in [-0.3, -0.25) is 19.3 Å². The number of aromatic nitrogens is 3. The number of hydrogen-bond acceptors (Lipinski definition) is 11. The number of thioether (sulfide) groups is 2. The molecule has 0 bridgehead atoms. The summed E-state index contributed by atoms with van der Waals surface area (Å²) < 4.78 is 4.64. The molecule has 2 aromatic rings. The summed E-state index contributed by atoms with van der Waals surface area (Å²) in [6.07, 6.45) is -0.0880. The zero-order chi connectivity index (χ0) is 26.0. The lowest BCUT2D eigenvalue weighted by molar-refractivity contribution is -0.150. The molecule has 0 spiro atoms. The van der Waals surface area contributed by atoms with E-state index in [4.69, 9.17) is 5.73 Å². The number of benzene rings is 1. The number of nitrogens with two attached hydrogens (primary N) is 1. The topological polar surface area (TPSA) is 201 Å². The number of fused-ring (bicyclic) bond motifs is 1. The molecule has 1 saturated heterocycles. The Morgan fingerprint density at radius 3 is 2.72 bits per heavy atom. The van der Waals surface area contributed by atoms with Crippen molar-refractivity contribution in [2.75, 3.05) is 18.6 Å². The Morgan fingerprint density at radius 2 is 2.06 bits per heavy atom. The Balaban J connectivity index is 1.44. The smallest absolute Gasteiger partial charge is 0.352 e. The van der Waals surface area contributed by atoms with Gasteiger partial charge in [0.25, 0.3) is 5.91 Å². The number of nitrogens with one attached hydrogen (secondary N) is 2. The second-order valence-corrected chi connectivity index (χ2v) is 9.91. The fourth-order valence-corrected chi connectivity index (χ4v) is 6.12. The van der Waals surface area contributed by atoms with Crippen molar-refractivity contribution < 1.29 is 34.1 Å². The molecule has 0 aliphatic carbocycles. The standard InChI is InChI=1S/C21H22N6O7S2/c1-34-13(29)6-12-18(25-26-24-12)35-7-10-8-36-20-15(19(31)27(20)16(10)21(32)33)23-17(30)14(22)9-2-4-11(28)5-3-9/h2-5,14-15,20,28H,6-8,22H2,1H3,(H,23,30)(H,32,33)(H,24,25,26)/t14-,15?,20-/m1/s1. The highest BCUT2D eigenvalue weighted by Gasteiger charge is 2.54. The lowest BCUT2D eigenvalue weighted by Gasteiger charge is -2.49. The fourth-order valence-electron chi connectivity index (χ4n) is 3.71. The van der Waals surface area contributed by atoms with Crippen molar-refractivity contribution in [1.29, 1.82) is 0 Å². The minimum atomic E-state index is -1.26. The number of amides is 2. The van der Waals surface area contributed by atoms with Gasteiger partial charge in [-0.1, -0.05) is 23.9 Å². The predicted octanol–water partition coefficient (Wildman–Crippen LogP) is -0.243. The molecule has 1 aromatic carbocycles. The Morgan fingerprint density at radius 1 is 1.33 bits per heavy atom. The van der Waals surface area contributed by atoms with Crippen molar-refractivity contribution in [3.05, 3.63) is 46.8 Å². The summed E-state index contributed by atoms with van der Waals surface area (Å²) in [4.78, 5) is 50.3. The number of methoxy groups -OCH3 is 1. The number of carbonyl (C=O) groups is 4. The second kappa shape index (κ2) is 10.6. The minimum absolute atomic E-state index is 0.0278. The van der Waals surface area contributed by atoms with Gasteiger partial charge < -0.3 is 26.0 Å². The monoisotopic (exact) mass is 534 g/mol. The molecule has 0 saturated carbocycles. The van der Waals surface area contributed by atoms with Gasteiger partial charge in [0.1, 0.15) is 39.6 Å². The van der Waals surface area contributed by atoms with Crippen LogP contribution in [-0.2, 0) is 30.3 Å². The third-order valence-corrected chi connectivity index (χ3v) is 8.02. The van der Waals surface area contributed by atoms with E-state index in [1.165, 1.54) is 59.8 Å². The lowest BCUT2D eigenvalue weighted by atomic mass is 10.0. The van der Waals surface area contributed by atoms with E-state index in [-0.39, 0.29) is 23.6 Å². The van der Waals surface area contributed by atoms with E-state index in [9.17, 15) is 29.4 Å². The van der Waals surface area contributed by atoms with Crippen molar-refractivity contribution in [2.45, 2.75) is 28.9 Å². The molecular formula is C21H22N6O7S2. The Hall–Kier alpha value is -3.56. The van der Waals surface area contributed by atoms with Gasteiger partial charge in [-0.25, -0.2) is 4.79 Å². The van der Waals surface area contributed by atoms with E-state index in [0.29, 0.717) is 27.6 Å². The largest absolute Gasteiger partial charge is 0.508 e. The van der Waals surface area contributed by atoms with Gasteiger partial charge in [-0.05, 0) is 23.3 Å². The van der Waals surface area contributed by atoms with Crippen molar-refractivity contribution in [1.82, 2.24) is 25.6 Å². The molecule has 4 rings (SSSR count). The molecule has 0 radical (unpaired) electrons. The molecule has 190 valence electrons. The van der Waals surface area contributed by atoms with Crippen molar-refractivity contribution >= 4 is 47.3 Å². The van der Waals surface area contributed by atoms with Crippen LogP contribution in [-0.4, -0.2) is 84.3 Å². The third kappa shape index (κ3) is 5.03. The molecule has 36 heavy (non-hydrogen) atoms. The summed E-state index contributed by atoms with van der Waals surface area (Å²) in [5.41, 5.74) is 7.18. The first-order valence-electron chi connectivity index (χ1n) is 10.6. The van der Waals surface area contributed by atoms with Gasteiger partial charge in [0, 0.05) is 11.5 Å². The highest BCUT2D eigenvalue weighted by molar-refractivity contribution is 8.01. The second-order valence-electron chi connectivity index (χ2n) is 7.84. The van der Waals surface area contributed by atoms with E-state index < -0.39 is 41.2 Å². The van der Waals surface area contributed by atoms with E-state index in [2.05, 4.69) is 25.5 Å². The normalized spacial score (nSPS) is 19.8. The highest BCUT2D eigenvalue weighted by atomic mass is 32.2. The maximum Gasteiger partial charge on any atom is 0.352 e. The van der Waals surface area contributed by atoms with Crippen LogP contribution < -0.4 is 11.1 Å². The molecule has 3 atom stereocenters. The fraction of sp³-hybridized carbons (Fsp3) is 0.333. The zero-order valence-corrected chi connectivity index (χ0v) is 20.5. The zero-order valence-electron chi connectivity index (χ0n) is 18.8. The van der Waals surface area contributed by atoms with E-state index in [1.807, 2.05) is 0 Å². The number of carboxylic acids is 1. The van der Waals surface area contributed by atoms with Crippen LogP contribution in [0.4, 0.5) is 0 Å². The number of rotatable bonds is 9. The summed E-state index contributed by atoms with van der Waals surface area (Å²) in [7, 11) is 1.26. The first-order valence-corrected chi connectivity index (χ1v) is 12.6. The number of ether oxygens (including phenoxy) is 1. The number of esters is 1. The van der Waals surface area contributed by atoms with Crippen LogP contribution in [0.3, 0.4) is 0 Å². The maximum atomic E-state index is 12.9. The first-order chi connectivity index (χ1) is 17.2. The molecule has 6 N–H and O–H groups in total. The van der Waals surface area contributed by atoms with Gasteiger partial charge in [0.2, 0.25) is 5.91 Å². The number of carboxylic acid groups (broad SMARTS) is 1. The lowest BCUT2D eigenvalue weighted by Crippen LogP contribution is -2.71. The molecule has 1 unspecified atom stereocenters. The molecule has 2 aliphatic rings. The maximum absolute atomic E-state index is 12.9. The SMILES string of the molecule is COC(=O)Cc1n[nH]nc1SCC1=C(C(=O)O)N2C(=O)C(NC(=O)[C@H](N)c3ccc(O)cc3)[C@H]2SC1. The predicted molar refractivity (Wildman–Crippen MR) is 128 cm³/mol. The number of aromatic amines is 1. The summed E-state index contributed by atoms with van der Waals surface area (Å²) in [6.45, 7) is 0. The molecule has 1 aromatic heterocycles. The Kier molecular flexibility index (Phi) is 7.51. The van der Waals surface area contributed by atoms with Crippen LogP contribution >= 0.6 is 23.5 Å². The molecule has 13 nitrogen and oxygen atoms in total. The number of phenolic OH excluding ortho intramolecular Hbond substituents is 1. The average Bonchev–Trinajstić information content (AvgIpc) is 3.31. The van der Waals surface area contributed by atoms with E-state index >= 15 is 0 Å². The van der Waals surface area contributed by atoms with Crippen LogP contribution in [0.25, 0.3) is 0 Å². The third-order valence-electron chi connectivity index (χ3n) is 5.59. The molecule has 15 heteroatoms. The first kappa shape index (κ1) is 25.5. The van der Waals surface area contributed by atoms with Crippen LogP contribution in [0, 0.1) is 0 Å². The number of nitrogens with zero attached hydrogens (tertiary/aromatic N) is 3. The van der Waals surface area contributed by atoms with E-state index in [0.717, 1.165) is 0 Å². The number of aromatic hydroxyl groups is 1. The van der Waals surface area contributed by atoms with Crippen LogP contribution in [0.5, 0.6) is 5.75 Å². The summed E-state index contributed by atoms with van der Waals surface area (Å²) >= 11 is 2.51. The van der Waals surface area contributed by atoms with Crippen molar-refractivity contribution in [3.63, 3.8) is 0 Å².